The van der Waals surface area contributed by atoms with E-state index in [4.69, 9.17) is 22.1 Å². The molecule has 0 bridgehead atoms. The van der Waals surface area contributed by atoms with Crippen LogP contribution in [0.15, 0.2) is 24.3 Å². The molecule has 0 aliphatic carbocycles. The molecule has 0 fully saturated rings. The largest absolute Gasteiger partial charge is 0.460 e. The van der Waals surface area contributed by atoms with Crippen LogP contribution in [0.5, 0.6) is 0 Å². The van der Waals surface area contributed by atoms with Crippen molar-refractivity contribution in [2.45, 2.75) is 45.4 Å². The van der Waals surface area contributed by atoms with Crippen LogP contribution in [0.1, 0.15) is 32.8 Å². The fraction of sp³-hybridized carbons (Fsp3) is 0.438. The van der Waals surface area contributed by atoms with E-state index in [0.717, 1.165) is 0 Å². The molecule has 0 saturated heterocycles. The summed E-state index contributed by atoms with van der Waals surface area (Å²) in [6.07, 6.45) is -0.215. The lowest BCUT2D eigenvalue weighted by atomic mass is 10.1. The molecule has 1 atom stereocenters. The highest BCUT2D eigenvalue weighted by atomic mass is 35.5. The summed E-state index contributed by atoms with van der Waals surface area (Å²) < 4.78 is 9.76. The average molecular weight is 357 g/mol. The standard InChI is InChI=1S/C16H21ClN2O5/c1-16(2,3)24-13(20)8-12(18)14(21)19-11-6-4-10(5-7-11)9-23-15(17)22/h4-7,12H,8-9,18H2,1-3H3,(H,19,21)/t12-/m0/s1. The maximum atomic E-state index is 12.0. The highest BCUT2D eigenvalue weighted by molar-refractivity contribution is 6.61. The second-order valence-electron chi connectivity index (χ2n) is 6.11. The van der Waals surface area contributed by atoms with E-state index in [2.05, 4.69) is 10.1 Å². The number of esters is 1. The lowest BCUT2D eigenvalue weighted by molar-refractivity contribution is -0.155. The molecule has 7 nitrogen and oxygen atoms in total. The number of halogens is 1. The van der Waals surface area contributed by atoms with Gasteiger partial charge in [-0.05, 0) is 38.5 Å². The highest BCUT2D eigenvalue weighted by Crippen LogP contribution is 2.13. The fourth-order valence-corrected chi connectivity index (χ4v) is 1.77. The third-order valence-electron chi connectivity index (χ3n) is 2.72. The summed E-state index contributed by atoms with van der Waals surface area (Å²) in [6, 6.07) is 5.55. The normalized spacial score (nSPS) is 12.2. The second kappa shape index (κ2) is 8.65. The Balaban J connectivity index is 2.51. The first-order valence-electron chi connectivity index (χ1n) is 7.26. The van der Waals surface area contributed by atoms with E-state index >= 15 is 0 Å². The number of nitrogens with two attached hydrogens (primary N) is 1. The van der Waals surface area contributed by atoms with Gasteiger partial charge in [-0.15, -0.1) is 0 Å². The predicted molar refractivity (Wildman–Crippen MR) is 89.5 cm³/mol. The van der Waals surface area contributed by atoms with Gasteiger partial charge in [-0.2, -0.15) is 0 Å². The minimum Gasteiger partial charge on any atom is -0.460 e. The van der Waals surface area contributed by atoms with Crippen LogP contribution in [0.4, 0.5) is 10.5 Å². The summed E-state index contributed by atoms with van der Waals surface area (Å²) in [5, 5.41) is 2.60. The topological polar surface area (TPSA) is 108 Å². The van der Waals surface area contributed by atoms with Crippen molar-refractivity contribution in [1.29, 1.82) is 0 Å². The molecule has 132 valence electrons. The third-order valence-corrected chi connectivity index (χ3v) is 2.83. The Morgan fingerprint density at radius 1 is 1.21 bits per heavy atom. The number of carbonyl (C=O) groups is 3. The number of anilines is 1. The second-order valence-corrected chi connectivity index (χ2v) is 6.42. The van der Waals surface area contributed by atoms with Crippen LogP contribution < -0.4 is 11.1 Å². The van der Waals surface area contributed by atoms with Crippen molar-refractivity contribution in [2.24, 2.45) is 5.73 Å². The van der Waals surface area contributed by atoms with E-state index < -0.39 is 28.9 Å². The number of carbonyl (C=O) groups excluding carboxylic acids is 3. The van der Waals surface area contributed by atoms with E-state index in [-0.39, 0.29) is 13.0 Å². The zero-order chi connectivity index (χ0) is 18.3. The molecule has 24 heavy (non-hydrogen) atoms. The van der Waals surface area contributed by atoms with Crippen LogP contribution >= 0.6 is 11.6 Å². The van der Waals surface area contributed by atoms with Crippen molar-refractivity contribution in [2.75, 3.05) is 5.32 Å². The SMILES string of the molecule is CC(C)(C)OC(=O)C[C@H](N)C(=O)Nc1ccc(COC(=O)Cl)cc1. The number of benzene rings is 1. The molecule has 1 amide bonds. The first-order valence-corrected chi connectivity index (χ1v) is 7.64. The van der Waals surface area contributed by atoms with Gasteiger partial charge in [-0.25, -0.2) is 4.79 Å². The Morgan fingerprint density at radius 2 is 1.79 bits per heavy atom. The zero-order valence-corrected chi connectivity index (χ0v) is 14.6. The summed E-state index contributed by atoms with van der Waals surface area (Å²) in [4.78, 5) is 34.2. The molecule has 0 unspecified atom stereocenters. The van der Waals surface area contributed by atoms with E-state index in [1.165, 1.54) is 0 Å². The molecular formula is C16H21ClN2O5. The van der Waals surface area contributed by atoms with Crippen LogP contribution in [0, 0.1) is 0 Å². The number of hydrogen-bond donors (Lipinski definition) is 2. The maximum absolute atomic E-state index is 12.0. The Labute approximate surface area is 145 Å². The minimum absolute atomic E-state index is 0.0364. The van der Waals surface area contributed by atoms with E-state index in [1.54, 1.807) is 45.0 Å². The summed E-state index contributed by atoms with van der Waals surface area (Å²) in [5.74, 6) is -1.04. The van der Waals surface area contributed by atoms with Crippen molar-refractivity contribution in [1.82, 2.24) is 0 Å². The van der Waals surface area contributed by atoms with Gasteiger partial charge in [-0.1, -0.05) is 12.1 Å². The molecule has 8 heteroatoms. The summed E-state index contributed by atoms with van der Waals surface area (Å²) in [7, 11) is 0. The molecule has 0 spiro atoms. The molecular weight excluding hydrogens is 336 g/mol. The predicted octanol–water partition coefficient (Wildman–Crippen LogP) is 2.56. The molecule has 1 aromatic rings. The monoisotopic (exact) mass is 356 g/mol. The summed E-state index contributed by atoms with van der Waals surface area (Å²) >= 11 is 5.07. The highest BCUT2D eigenvalue weighted by Gasteiger charge is 2.22. The smallest absolute Gasteiger partial charge is 0.404 e. The van der Waals surface area contributed by atoms with Gasteiger partial charge >= 0.3 is 11.4 Å². The van der Waals surface area contributed by atoms with E-state index in [1.807, 2.05) is 0 Å². The molecule has 0 radical (unpaired) electrons. The lowest BCUT2D eigenvalue weighted by Crippen LogP contribution is -2.39. The van der Waals surface area contributed by atoms with Crippen molar-refractivity contribution >= 4 is 34.6 Å². The van der Waals surface area contributed by atoms with Crippen molar-refractivity contribution in [3.8, 4) is 0 Å². The number of nitrogens with one attached hydrogen (secondary N) is 1. The molecule has 0 aromatic heterocycles. The quantitative estimate of drug-likeness (QED) is 0.599. The molecule has 0 aliphatic heterocycles. The minimum atomic E-state index is -1.02. The van der Waals surface area contributed by atoms with Gasteiger partial charge in [0.2, 0.25) is 5.91 Å². The van der Waals surface area contributed by atoms with Crippen LogP contribution in [0.2, 0.25) is 0 Å². The molecule has 1 aromatic carbocycles. The van der Waals surface area contributed by atoms with Gasteiger partial charge in [0.05, 0.1) is 12.5 Å². The van der Waals surface area contributed by atoms with Crippen molar-refractivity contribution in [3.63, 3.8) is 0 Å². The van der Waals surface area contributed by atoms with Gasteiger partial charge in [0, 0.05) is 17.3 Å². The Bertz CT molecular complexity index is 595. The Kier molecular flexibility index (Phi) is 7.18. The number of ether oxygens (including phenoxy) is 2. The van der Waals surface area contributed by atoms with Crippen LogP contribution in [-0.4, -0.2) is 28.9 Å². The van der Waals surface area contributed by atoms with Gasteiger partial charge in [-0.3, -0.25) is 9.59 Å². The average Bonchev–Trinajstić information content (AvgIpc) is 2.44. The van der Waals surface area contributed by atoms with Gasteiger partial charge in [0.1, 0.15) is 12.2 Å². The molecule has 0 aliphatic rings. The Hall–Kier alpha value is -2.12. The summed E-state index contributed by atoms with van der Waals surface area (Å²) in [5.41, 5.74) is 5.40. The van der Waals surface area contributed by atoms with Crippen LogP contribution in [-0.2, 0) is 25.7 Å². The zero-order valence-electron chi connectivity index (χ0n) is 13.8. The van der Waals surface area contributed by atoms with Crippen molar-refractivity contribution < 1.29 is 23.9 Å². The van der Waals surface area contributed by atoms with Crippen LogP contribution in [0.25, 0.3) is 0 Å². The molecule has 0 heterocycles. The molecule has 3 N–H and O–H groups in total. The van der Waals surface area contributed by atoms with Crippen LogP contribution in [0.3, 0.4) is 0 Å². The molecule has 1 rings (SSSR count). The third kappa shape index (κ3) is 7.94. The Morgan fingerprint density at radius 3 is 2.29 bits per heavy atom. The first kappa shape index (κ1) is 19.9. The summed E-state index contributed by atoms with van der Waals surface area (Å²) in [6.45, 7) is 5.24. The number of amides is 1. The fourth-order valence-electron chi connectivity index (χ4n) is 1.71. The molecule has 0 saturated carbocycles. The maximum Gasteiger partial charge on any atom is 0.404 e. The van der Waals surface area contributed by atoms with E-state index in [9.17, 15) is 14.4 Å². The first-order chi connectivity index (χ1) is 11.1. The lowest BCUT2D eigenvalue weighted by Gasteiger charge is -2.20. The van der Waals surface area contributed by atoms with Crippen molar-refractivity contribution in [3.05, 3.63) is 29.8 Å². The van der Waals surface area contributed by atoms with Gasteiger partial charge in [0.15, 0.2) is 0 Å². The van der Waals surface area contributed by atoms with Gasteiger partial charge < -0.3 is 20.5 Å². The number of rotatable bonds is 6. The number of hydrogen-bond acceptors (Lipinski definition) is 6. The van der Waals surface area contributed by atoms with E-state index in [0.29, 0.717) is 11.3 Å². The van der Waals surface area contributed by atoms with Gasteiger partial charge in [0.25, 0.3) is 0 Å².